The maximum absolute atomic E-state index is 3.23. The zero-order valence-electron chi connectivity index (χ0n) is 10.1. The third-order valence-electron chi connectivity index (χ3n) is 2.68. The Balaban J connectivity index is 3.86. The Labute approximate surface area is 83.7 Å². The number of likely N-dealkylation sites (N-methyl/N-ethyl adjacent to an activating group) is 2. The van der Waals surface area contributed by atoms with Gasteiger partial charge >= 0.3 is 0 Å². The molecule has 0 atom stereocenters. The van der Waals surface area contributed by atoms with Crippen molar-refractivity contribution >= 4 is 0 Å². The van der Waals surface area contributed by atoms with Crippen LogP contribution < -0.4 is 5.32 Å². The molecule has 0 aromatic heterocycles. The molecular formula is C11H26N2. The molecule has 0 rings (SSSR count). The van der Waals surface area contributed by atoms with E-state index in [1.165, 1.54) is 13.0 Å². The van der Waals surface area contributed by atoms with Crippen molar-refractivity contribution < 1.29 is 0 Å². The van der Waals surface area contributed by atoms with Crippen molar-refractivity contribution in [2.24, 2.45) is 5.92 Å². The number of nitrogens with zero attached hydrogens (tertiary/aromatic N) is 1. The highest BCUT2D eigenvalue weighted by atomic mass is 15.2. The fourth-order valence-corrected chi connectivity index (χ4v) is 1.32. The van der Waals surface area contributed by atoms with Gasteiger partial charge in [-0.2, -0.15) is 0 Å². The summed E-state index contributed by atoms with van der Waals surface area (Å²) in [6, 6.07) is 0. The van der Waals surface area contributed by atoms with E-state index in [0.29, 0.717) is 0 Å². The van der Waals surface area contributed by atoms with E-state index < -0.39 is 0 Å². The first-order valence-corrected chi connectivity index (χ1v) is 5.26. The Hall–Kier alpha value is -0.0800. The summed E-state index contributed by atoms with van der Waals surface area (Å²) in [6.07, 6.45) is 1.28. The van der Waals surface area contributed by atoms with Crippen LogP contribution in [-0.2, 0) is 0 Å². The summed E-state index contributed by atoms with van der Waals surface area (Å²) < 4.78 is 0. The van der Waals surface area contributed by atoms with Crippen molar-refractivity contribution in [1.82, 2.24) is 10.2 Å². The molecule has 0 saturated carbocycles. The molecule has 0 saturated heterocycles. The Bertz CT molecular complexity index is 130. The summed E-state index contributed by atoms with van der Waals surface area (Å²) in [6.45, 7) is 11.3. The first-order valence-electron chi connectivity index (χ1n) is 5.26. The maximum Gasteiger partial charge on any atom is 0.0274 e. The van der Waals surface area contributed by atoms with Gasteiger partial charge in [0.05, 0.1) is 0 Å². The van der Waals surface area contributed by atoms with Gasteiger partial charge in [-0.1, -0.05) is 13.8 Å². The number of hydrogen-bond donors (Lipinski definition) is 1. The van der Waals surface area contributed by atoms with Gasteiger partial charge in [-0.15, -0.1) is 0 Å². The van der Waals surface area contributed by atoms with E-state index in [-0.39, 0.29) is 5.54 Å². The lowest BCUT2D eigenvalue weighted by atomic mass is 10.0. The minimum Gasteiger partial charge on any atom is -0.318 e. The van der Waals surface area contributed by atoms with Gasteiger partial charge < -0.3 is 5.32 Å². The van der Waals surface area contributed by atoms with Crippen LogP contribution in [0.15, 0.2) is 0 Å². The Morgan fingerprint density at radius 1 is 1.31 bits per heavy atom. The van der Waals surface area contributed by atoms with Crippen LogP contribution in [0.4, 0.5) is 0 Å². The zero-order chi connectivity index (χ0) is 10.5. The van der Waals surface area contributed by atoms with Gasteiger partial charge in [-0.3, -0.25) is 4.90 Å². The van der Waals surface area contributed by atoms with Crippen LogP contribution in [0.2, 0.25) is 0 Å². The third-order valence-corrected chi connectivity index (χ3v) is 2.68. The van der Waals surface area contributed by atoms with Gasteiger partial charge in [-0.25, -0.2) is 0 Å². The van der Waals surface area contributed by atoms with Gasteiger partial charge in [0, 0.05) is 12.1 Å². The summed E-state index contributed by atoms with van der Waals surface area (Å²) >= 11 is 0. The van der Waals surface area contributed by atoms with Gasteiger partial charge in [0.2, 0.25) is 0 Å². The van der Waals surface area contributed by atoms with Gasteiger partial charge in [0.15, 0.2) is 0 Å². The Morgan fingerprint density at radius 3 is 2.23 bits per heavy atom. The molecule has 13 heavy (non-hydrogen) atoms. The molecule has 0 bridgehead atoms. The molecule has 1 N–H and O–H groups in total. The van der Waals surface area contributed by atoms with E-state index in [1.807, 2.05) is 7.05 Å². The molecule has 0 heterocycles. The molecule has 80 valence electrons. The van der Waals surface area contributed by atoms with E-state index in [1.54, 1.807) is 0 Å². The molecule has 0 unspecified atom stereocenters. The predicted octanol–water partition coefficient (Wildman–Crippen LogP) is 1.96. The number of nitrogens with one attached hydrogen (secondary N) is 1. The second kappa shape index (κ2) is 5.61. The highest BCUT2D eigenvalue weighted by Crippen LogP contribution is 2.12. The van der Waals surface area contributed by atoms with Crippen LogP contribution in [-0.4, -0.2) is 37.6 Å². The van der Waals surface area contributed by atoms with Crippen molar-refractivity contribution in [2.75, 3.05) is 27.2 Å². The van der Waals surface area contributed by atoms with Crippen LogP contribution in [0, 0.1) is 5.92 Å². The van der Waals surface area contributed by atoms with Crippen LogP contribution >= 0.6 is 0 Å². The van der Waals surface area contributed by atoms with E-state index >= 15 is 0 Å². The molecule has 2 heteroatoms. The molecule has 2 nitrogen and oxygen atoms in total. The van der Waals surface area contributed by atoms with Gasteiger partial charge in [-0.05, 0) is 46.8 Å². The minimum atomic E-state index is 0.267. The first kappa shape index (κ1) is 12.9. The van der Waals surface area contributed by atoms with Gasteiger partial charge in [0.1, 0.15) is 0 Å². The molecular weight excluding hydrogens is 160 g/mol. The fourth-order valence-electron chi connectivity index (χ4n) is 1.32. The largest absolute Gasteiger partial charge is 0.318 e. The van der Waals surface area contributed by atoms with Crippen molar-refractivity contribution in [1.29, 1.82) is 0 Å². The summed E-state index contributed by atoms with van der Waals surface area (Å²) in [7, 11) is 4.22. The molecule has 0 aliphatic carbocycles. The fraction of sp³-hybridized carbons (Fsp3) is 1.00. The number of hydrogen-bond acceptors (Lipinski definition) is 2. The molecule has 0 radical (unpaired) electrons. The quantitative estimate of drug-likeness (QED) is 0.682. The van der Waals surface area contributed by atoms with E-state index in [4.69, 9.17) is 0 Å². The Kier molecular flexibility index (Phi) is 5.57. The molecule has 0 aromatic rings. The van der Waals surface area contributed by atoms with E-state index in [0.717, 1.165) is 12.5 Å². The smallest absolute Gasteiger partial charge is 0.0274 e. The van der Waals surface area contributed by atoms with Crippen molar-refractivity contribution in [2.45, 2.75) is 39.7 Å². The predicted molar refractivity (Wildman–Crippen MR) is 60.1 cm³/mol. The standard InChI is InChI=1S/C11H26N2/c1-10(2)7-8-13(6)11(3,4)9-12-5/h10,12H,7-9H2,1-6H3. The zero-order valence-corrected chi connectivity index (χ0v) is 10.1. The number of rotatable bonds is 6. The minimum absolute atomic E-state index is 0.267. The topological polar surface area (TPSA) is 15.3 Å². The van der Waals surface area contributed by atoms with Gasteiger partial charge in [0.25, 0.3) is 0 Å². The summed E-state index contributed by atoms with van der Waals surface area (Å²) in [5.74, 6) is 0.799. The lowest BCUT2D eigenvalue weighted by Gasteiger charge is -2.36. The van der Waals surface area contributed by atoms with Crippen LogP contribution in [0.3, 0.4) is 0 Å². The molecule has 0 amide bonds. The first-order chi connectivity index (χ1) is 5.90. The highest BCUT2D eigenvalue weighted by Gasteiger charge is 2.21. The van der Waals surface area contributed by atoms with Crippen molar-refractivity contribution in [3.63, 3.8) is 0 Å². The van der Waals surface area contributed by atoms with Crippen molar-refractivity contribution in [3.05, 3.63) is 0 Å². The normalized spacial score (nSPS) is 12.9. The van der Waals surface area contributed by atoms with Crippen LogP contribution in [0.1, 0.15) is 34.1 Å². The summed E-state index contributed by atoms with van der Waals surface area (Å²) in [5.41, 5.74) is 0.267. The maximum atomic E-state index is 3.23. The van der Waals surface area contributed by atoms with Crippen LogP contribution in [0.5, 0.6) is 0 Å². The Morgan fingerprint density at radius 2 is 1.85 bits per heavy atom. The average molecular weight is 186 g/mol. The molecule has 0 aliphatic rings. The molecule has 0 aromatic carbocycles. The van der Waals surface area contributed by atoms with Crippen LogP contribution in [0.25, 0.3) is 0 Å². The lowest BCUT2D eigenvalue weighted by molar-refractivity contribution is 0.148. The van der Waals surface area contributed by atoms with E-state index in [2.05, 4.69) is 45.0 Å². The highest BCUT2D eigenvalue weighted by molar-refractivity contribution is 4.80. The second-order valence-corrected chi connectivity index (χ2v) is 4.95. The molecule has 0 fully saturated rings. The van der Waals surface area contributed by atoms with Crippen molar-refractivity contribution in [3.8, 4) is 0 Å². The molecule has 0 spiro atoms. The third kappa shape index (κ3) is 5.27. The monoisotopic (exact) mass is 186 g/mol. The SMILES string of the molecule is CNCC(C)(C)N(C)CCC(C)C. The van der Waals surface area contributed by atoms with E-state index in [9.17, 15) is 0 Å². The lowest BCUT2D eigenvalue weighted by Crippen LogP contribution is -2.48. The summed E-state index contributed by atoms with van der Waals surface area (Å²) in [4.78, 5) is 2.43. The average Bonchev–Trinajstić information content (AvgIpc) is 1.99. The second-order valence-electron chi connectivity index (χ2n) is 4.95. The summed E-state index contributed by atoms with van der Waals surface area (Å²) in [5, 5.41) is 3.23. The molecule has 0 aliphatic heterocycles.